The smallest absolute Gasteiger partial charge is 0.282 e. The molecule has 5 heteroatoms. The van der Waals surface area contributed by atoms with Gasteiger partial charge in [0.2, 0.25) is 0 Å². The molecule has 0 aromatic heterocycles. The van der Waals surface area contributed by atoms with Gasteiger partial charge in [0, 0.05) is 0 Å². The average molecular weight is 300 g/mol. The van der Waals surface area contributed by atoms with Crippen molar-refractivity contribution in [1.82, 2.24) is 0 Å². The van der Waals surface area contributed by atoms with E-state index < -0.39 is 10.1 Å². The van der Waals surface area contributed by atoms with Crippen molar-refractivity contribution in [3.8, 4) is 0 Å². The standard InChI is InChI=1S/C7H8O3S.HI/c1-6-2-4-7(5-3-6)11(8,9)10;/h2-5H,1H3,(H,8,9,10);1H. The third-order valence-corrected chi connectivity index (χ3v) is 2.19. The number of hydrogen-bond donors (Lipinski definition) is 1. The predicted molar refractivity (Wildman–Crippen MR) is 56.4 cm³/mol. The number of aryl methyl sites for hydroxylation is 1. The maximum Gasteiger partial charge on any atom is 0.294 e. The molecule has 1 aromatic rings. The van der Waals surface area contributed by atoms with Gasteiger partial charge in [-0.2, -0.15) is 8.42 Å². The lowest BCUT2D eigenvalue weighted by atomic mass is 10.2. The Balaban J connectivity index is 0.00000121. The Bertz CT molecular complexity index is 341. The summed E-state index contributed by atoms with van der Waals surface area (Å²) in [6.45, 7) is 1.84. The average Bonchev–Trinajstić information content (AvgIpc) is 1.86. The molecule has 0 amide bonds. The zero-order valence-corrected chi connectivity index (χ0v) is 9.54. The summed E-state index contributed by atoms with van der Waals surface area (Å²) in [5, 5.41) is 0. The first kappa shape index (κ1) is 11.9. The summed E-state index contributed by atoms with van der Waals surface area (Å²) in [6.07, 6.45) is 0. The molecule has 0 saturated heterocycles. The lowest BCUT2D eigenvalue weighted by Crippen LogP contribution is -1.96. The van der Waals surface area contributed by atoms with Crippen LogP contribution in [0.1, 0.15) is 5.56 Å². The van der Waals surface area contributed by atoms with Crippen molar-refractivity contribution >= 4 is 34.1 Å². The third kappa shape index (κ3) is 3.08. The molecule has 0 atom stereocenters. The summed E-state index contributed by atoms with van der Waals surface area (Å²) in [5.74, 6) is 0. The van der Waals surface area contributed by atoms with Crippen molar-refractivity contribution in [2.24, 2.45) is 0 Å². The van der Waals surface area contributed by atoms with E-state index in [-0.39, 0.29) is 28.9 Å². The normalized spacial score (nSPS) is 10.5. The molecule has 0 spiro atoms. The van der Waals surface area contributed by atoms with Crippen molar-refractivity contribution < 1.29 is 13.0 Å². The SMILES string of the molecule is Cc1ccc(S(=O)(=O)O)cc1.I. The fourth-order valence-electron chi connectivity index (χ4n) is 0.710. The summed E-state index contributed by atoms with van der Waals surface area (Å²) in [4.78, 5) is -0.0666. The van der Waals surface area contributed by atoms with E-state index in [0.717, 1.165) is 5.56 Å². The van der Waals surface area contributed by atoms with Gasteiger partial charge in [-0.25, -0.2) is 0 Å². The van der Waals surface area contributed by atoms with Gasteiger partial charge in [0.25, 0.3) is 10.1 Å². The fraction of sp³-hybridized carbons (Fsp3) is 0.143. The van der Waals surface area contributed by atoms with Crippen molar-refractivity contribution in [1.29, 1.82) is 0 Å². The van der Waals surface area contributed by atoms with Crippen LogP contribution in [0, 0.1) is 6.92 Å². The molecule has 0 unspecified atom stereocenters. The highest BCUT2D eigenvalue weighted by molar-refractivity contribution is 14.0. The zero-order valence-electron chi connectivity index (χ0n) is 6.39. The largest absolute Gasteiger partial charge is 0.294 e. The summed E-state index contributed by atoms with van der Waals surface area (Å²) in [7, 11) is -4.02. The molecular weight excluding hydrogens is 291 g/mol. The molecule has 68 valence electrons. The van der Waals surface area contributed by atoms with Crippen LogP contribution in [-0.2, 0) is 10.1 Å². The molecule has 0 bridgehead atoms. The van der Waals surface area contributed by atoms with Gasteiger partial charge in [0.15, 0.2) is 0 Å². The van der Waals surface area contributed by atoms with Crippen LogP contribution in [0.4, 0.5) is 0 Å². The van der Waals surface area contributed by atoms with Gasteiger partial charge in [-0.3, -0.25) is 4.55 Å². The van der Waals surface area contributed by atoms with E-state index in [4.69, 9.17) is 4.55 Å². The van der Waals surface area contributed by atoms with Gasteiger partial charge in [-0.1, -0.05) is 17.7 Å². The minimum absolute atomic E-state index is 0. The van der Waals surface area contributed by atoms with Crippen LogP contribution in [0.25, 0.3) is 0 Å². The minimum Gasteiger partial charge on any atom is -0.282 e. The number of hydrogen-bond acceptors (Lipinski definition) is 2. The van der Waals surface area contributed by atoms with Crippen LogP contribution >= 0.6 is 24.0 Å². The molecule has 0 saturated carbocycles. The second kappa shape index (κ2) is 4.20. The van der Waals surface area contributed by atoms with E-state index in [1.165, 1.54) is 12.1 Å². The lowest BCUT2D eigenvalue weighted by Gasteiger charge is -1.95. The first-order valence-electron chi connectivity index (χ1n) is 3.04. The molecule has 0 aliphatic rings. The number of rotatable bonds is 1. The summed E-state index contributed by atoms with van der Waals surface area (Å²) < 4.78 is 29.6. The predicted octanol–water partition coefficient (Wildman–Crippen LogP) is 1.86. The molecule has 3 nitrogen and oxygen atoms in total. The van der Waals surface area contributed by atoms with Crippen LogP contribution in [-0.4, -0.2) is 13.0 Å². The van der Waals surface area contributed by atoms with Crippen molar-refractivity contribution in [2.45, 2.75) is 11.8 Å². The van der Waals surface area contributed by atoms with E-state index in [1.54, 1.807) is 12.1 Å². The highest BCUT2D eigenvalue weighted by Gasteiger charge is 2.06. The van der Waals surface area contributed by atoms with Crippen molar-refractivity contribution in [2.75, 3.05) is 0 Å². The summed E-state index contributed by atoms with van der Waals surface area (Å²) in [5.41, 5.74) is 0.956. The first-order valence-corrected chi connectivity index (χ1v) is 4.48. The maximum absolute atomic E-state index is 10.5. The van der Waals surface area contributed by atoms with Gasteiger partial charge in [-0.15, -0.1) is 24.0 Å². The van der Waals surface area contributed by atoms with Crippen molar-refractivity contribution in [3.05, 3.63) is 29.8 Å². The monoisotopic (exact) mass is 300 g/mol. The molecule has 1 rings (SSSR count). The van der Waals surface area contributed by atoms with Gasteiger partial charge < -0.3 is 0 Å². The van der Waals surface area contributed by atoms with E-state index in [2.05, 4.69) is 0 Å². The molecule has 1 N–H and O–H groups in total. The van der Waals surface area contributed by atoms with Gasteiger partial charge in [0.1, 0.15) is 0 Å². The Morgan fingerprint density at radius 3 is 1.92 bits per heavy atom. The second-order valence-corrected chi connectivity index (χ2v) is 3.71. The molecular formula is C7H9IO3S. The highest BCUT2D eigenvalue weighted by atomic mass is 127. The van der Waals surface area contributed by atoms with Gasteiger partial charge in [0.05, 0.1) is 4.90 Å². The van der Waals surface area contributed by atoms with E-state index in [9.17, 15) is 8.42 Å². The highest BCUT2D eigenvalue weighted by Crippen LogP contribution is 2.08. The van der Waals surface area contributed by atoms with Gasteiger partial charge in [-0.05, 0) is 19.1 Å². The van der Waals surface area contributed by atoms with E-state index >= 15 is 0 Å². The quantitative estimate of drug-likeness (QED) is 0.636. The molecule has 0 radical (unpaired) electrons. The Morgan fingerprint density at radius 2 is 1.58 bits per heavy atom. The second-order valence-electron chi connectivity index (χ2n) is 2.29. The van der Waals surface area contributed by atoms with Gasteiger partial charge >= 0.3 is 0 Å². The Hall–Kier alpha value is -0.140. The zero-order chi connectivity index (χ0) is 8.48. The summed E-state index contributed by atoms with van der Waals surface area (Å²) >= 11 is 0. The third-order valence-electron chi connectivity index (χ3n) is 1.32. The molecule has 0 fully saturated rings. The Labute approximate surface area is 88.6 Å². The Kier molecular flexibility index (Phi) is 4.15. The van der Waals surface area contributed by atoms with E-state index in [1.807, 2.05) is 6.92 Å². The van der Waals surface area contributed by atoms with Crippen LogP contribution in [0.2, 0.25) is 0 Å². The lowest BCUT2D eigenvalue weighted by molar-refractivity contribution is 0.483. The maximum atomic E-state index is 10.5. The van der Waals surface area contributed by atoms with Crippen molar-refractivity contribution in [3.63, 3.8) is 0 Å². The van der Waals surface area contributed by atoms with Crippen LogP contribution < -0.4 is 0 Å². The molecule has 1 aromatic carbocycles. The number of benzene rings is 1. The minimum atomic E-state index is -4.02. The molecule has 0 aliphatic carbocycles. The Morgan fingerprint density at radius 1 is 1.17 bits per heavy atom. The summed E-state index contributed by atoms with van der Waals surface area (Å²) in [6, 6.07) is 5.99. The molecule has 0 aliphatic heterocycles. The van der Waals surface area contributed by atoms with Crippen LogP contribution in [0.15, 0.2) is 29.2 Å². The molecule has 0 heterocycles. The first-order chi connectivity index (χ1) is 5.00. The molecule has 12 heavy (non-hydrogen) atoms. The van der Waals surface area contributed by atoms with E-state index in [0.29, 0.717) is 0 Å². The number of halogens is 1. The topological polar surface area (TPSA) is 54.4 Å². The van der Waals surface area contributed by atoms with Crippen LogP contribution in [0.5, 0.6) is 0 Å². The fourth-order valence-corrected chi connectivity index (χ4v) is 1.19. The van der Waals surface area contributed by atoms with Crippen LogP contribution in [0.3, 0.4) is 0 Å².